The Bertz CT molecular complexity index is 364. The highest BCUT2D eigenvalue weighted by Crippen LogP contribution is 2.17. The van der Waals surface area contributed by atoms with E-state index < -0.39 is 0 Å². The summed E-state index contributed by atoms with van der Waals surface area (Å²) in [5.74, 6) is -0.0572. The van der Waals surface area contributed by atoms with Crippen LogP contribution in [0.5, 0.6) is 0 Å². The van der Waals surface area contributed by atoms with Crippen LogP contribution in [0.3, 0.4) is 0 Å². The van der Waals surface area contributed by atoms with Gasteiger partial charge in [-0.2, -0.15) is 5.26 Å². The Hall–Kier alpha value is -1.61. The van der Waals surface area contributed by atoms with Crippen molar-refractivity contribution in [1.82, 2.24) is 15.1 Å². The summed E-state index contributed by atoms with van der Waals surface area (Å²) in [6, 6.07) is 1.82. The third-order valence-electron chi connectivity index (χ3n) is 3.49. The Morgan fingerprint density at radius 2 is 2.21 bits per heavy atom. The molecule has 0 spiro atoms. The lowest BCUT2D eigenvalue weighted by Gasteiger charge is -2.34. The maximum atomic E-state index is 12.0. The zero-order valence-electron chi connectivity index (χ0n) is 11.7. The van der Waals surface area contributed by atoms with E-state index in [4.69, 9.17) is 5.26 Å². The zero-order valence-corrected chi connectivity index (χ0v) is 11.7. The quantitative estimate of drug-likeness (QED) is 0.757. The second-order valence-electron chi connectivity index (χ2n) is 4.82. The van der Waals surface area contributed by atoms with Gasteiger partial charge in [0.25, 0.3) is 0 Å². The number of hydrogen-bond acceptors (Lipinski definition) is 4. The second kappa shape index (κ2) is 7.74. The van der Waals surface area contributed by atoms with Gasteiger partial charge >= 0.3 is 0 Å². The minimum Gasteiger partial charge on any atom is -0.358 e. The van der Waals surface area contributed by atoms with Crippen molar-refractivity contribution in [3.05, 3.63) is 0 Å². The van der Waals surface area contributed by atoms with E-state index in [0.717, 1.165) is 25.8 Å². The lowest BCUT2D eigenvalue weighted by molar-refractivity contribution is -0.134. The number of amides is 2. The number of nitrogens with one attached hydrogen (secondary N) is 1. The van der Waals surface area contributed by atoms with Crippen molar-refractivity contribution < 1.29 is 9.59 Å². The minimum absolute atomic E-state index is 0.0211. The number of carbonyl (C=O) groups excluding carboxylic acids is 2. The first-order valence-corrected chi connectivity index (χ1v) is 6.66. The van der Waals surface area contributed by atoms with E-state index in [1.165, 1.54) is 0 Å². The van der Waals surface area contributed by atoms with E-state index in [9.17, 15) is 9.59 Å². The van der Waals surface area contributed by atoms with Crippen LogP contribution < -0.4 is 5.32 Å². The number of rotatable bonds is 5. The average Bonchev–Trinajstić information content (AvgIpc) is 2.44. The number of nitriles is 1. The maximum absolute atomic E-state index is 12.0. The van der Waals surface area contributed by atoms with Gasteiger partial charge in [-0.05, 0) is 19.4 Å². The molecular weight excluding hydrogens is 244 g/mol. The van der Waals surface area contributed by atoms with Gasteiger partial charge in [0.05, 0.1) is 25.1 Å². The van der Waals surface area contributed by atoms with Crippen LogP contribution in [0.25, 0.3) is 0 Å². The van der Waals surface area contributed by atoms with E-state index in [2.05, 4.69) is 5.32 Å². The van der Waals surface area contributed by atoms with E-state index in [1.807, 2.05) is 11.0 Å². The van der Waals surface area contributed by atoms with E-state index in [-0.39, 0.29) is 24.4 Å². The van der Waals surface area contributed by atoms with Gasteiger partial charge in [0.2, 0.25) is 11.8 Å². The molecule has 1 heterocycles. The normalized spacial score (nSPS) is 19.5. The minimum atomic E-state index is -0.202. The van der Waals surface area contributed by atoms with Crippen LogP contribution in [-0.2, 0) is 9.59 Å². The van der Waals surface area contributed by atoms with Crippen LogP contribution in [0.15, 0.2) is 0 Å². The van der Waals surface area contributed by atoms with E-state index >= 15 is 0 Å². The van der Waals surface area contributed by atoms with Crippen LogP contribution >= 0.6 is 0 Å². The molecule has 106 valence electrons. The fourth-order valence-electron chi connectivity index (χ4n) is 2.28. The summed E-state index contributed by atoms with van der Waals surface area (Å²) in [6.45, 7) is 1.46. The van der Waals surface area contributed by atoms with Gasteiger partial charge in [-0.15, -0.1) is 0 Å². The van der Waals surface area contributed by atoms with Crippen molar-refractivity contribution in [1.29, 1.82) is 5.26 Å². The standard InChI is InChI=1S/C13H22N4O2/c1-15-13(19)11-6-3-4-9-17(11)10-12(18)16(2)8-5-7-14/h11H,3-6,8-10H2,1-2H3,(H,15,19). The molecule has 2 amide bonds. The van der Waals surface area contributed by atoms with Crippen LogP contribution in [0.2, 0.25) is 0 Å². The molecule has 6 heteroatoms. The first-order valence-electron chi connectivity index (χ1n) is 6.66. The Morgan fingerprint density at radius 3 is 2.84 bits per heavy atom. The van der Waals surface area contributed by atoms with Crippen molar-refractivity contribution in [2.24, 2.45) is 0 Å². The number of piperidine rings is 1. The molecule has 1 unspecified atom stereocenters. The van der Waals surface area contributed by atoms with Gasteiger partial charge in [0.1, 0.15) is 0 Å². The Morgan fingerprint density at radius 1 is 1.47 bits per heavy atom. The fraction of sp³-hybridized carbons (Fsp3) is 0.769. The van der Waals surface area contributed by atoms with Crippen molar-refractivity contribution in [2.75, 3.05) is 33.7 Å². The third kappa shape index (κ3) is 4.52. The molecular formula is C13H22N4O2. The molecule has 0 saturated carbocycles. The van der Waals surface area contributed by atoms with Gasteiger partial charge in [-0.1, -0.05) is 6.42 Å². The summed E-state index contributed by atoms with van der Waals surface area (Å²) in [5.41, 5.74) is 0. The highest BCUT2D eigenvalue weighted by Gasteiger charge is 2.29. The molecule has 0 aromatic rings. The van der Waals surface area contributed by atoms with Gasteiger partial charge < -0.3 is 10.2 Å². The summed E-state index contributed by atoms with van der Waals surface area (Å²) in [6.07, 6.45) is 3.17. The number of likely N-dealkylation sites (tertiary alicyclic amines) is 1. The molecule has 1 rings (SSSR count). The molecule has 6 nitrogen and oxygen atoms in total. The Kier molecular flexibility index (Phi) is 6.30. The number of hydrogen-bond donors (Lipinski definition) is 1. The molecule has 0 radical (unpaired) electrons. The fourth-order valence-corrected chi connectivity index (χ4v) is 2.28. The highest BCUT2D eigenvalue weighted by molar-refractivity contribution is 5.83. The van der Waals surface area contributed by atoms with Crippen LogP contribution in [0, 0.1) is 11.3 Å². The van der Waals surface area contributed by atoms with Gasteiger partial charge in [0.15, 0.2) is 0 Å². The molecule has 1 aliphatic rings. The molecule has 1 fully saturated rings. The van der Waals surface area contributed by atoms with Crippen molar-refractivity contribution >= 4 is 11.8 Å². The topological polar surface area (TPSA) is 76.4 Å². The lowest BCUT2D eigenvalue weighted by atomic mass is 10.0. The number of carbonyl (C=O) groups is 2. The predicted octanol–water partition coefficient (Wildman–Crippen LogP) is -0.0410. The van der Waals surface area contributed by atoms with Crippen LogP contribution in [-0.4, -0.2) is 61.4 Å². The average molecular weight is 266 g/mol. The molecule has 1 saturated heterocycles. The van der Waals surface area contributed by atoms with E-state index in [0.29, 0.717) is 13.0 Å². The first-order chi connectivity index (χ1) is 9.10. The Labute approximate surface area is 114 Å². The zero-order chi connectivity index (χ0) is 14.3. The van der Waals surface area contributed by atoms with E-state index in [1.54, 1.807) is 19.0 Å². The number of nitrogens with zero attached hydrogens (tertiary/aromatic N) is 3. The Balaban J connectivity index is 2.55. The summed E-state index contributed by atoms with van der Waals surface area (Å²) in [4.78, 5) is 27.3. The third-order valence-corrected chi connectivity index (χ3v) is 3.49. The first kappa shape index (κ1) is 15.4. The number of likely N-dealkylation sites (N-methyl/N-ethyl adjacent to an activating group) is 2. The van der Waals surface area contributed by atoms with Gasteiger partial charge in [-0.25, -0.2) is 0 Å². The predicted molar refractivity (Wildman–Crippen MR) is 71.1 cm³/mol. The molecule has 0 aromatic heterocycles. The smallest absolute Gasteiger partial charge is 0.237 e. The van der Waals surface area contributed by atoms with Gasteiger partial charge in [-0.3, -0.25) is 14.5 Å². The monoisotopic (exact) mass is 266 g/mol. The molecule has 1 aliphatic heterocycles. The molecule has 1 N–H and O–H groups in total. The van der Waals surface area contributed by atoms with Crippen molar-refractivity contribution in [3.8, 4) is 6.07 Å². The molecule has 1 atom stereocenters. The molecule has 19 heavy (non-hydrogen) atoms. The summed E-state index contributed by atoms with van der Waals surface area (Å²) in [7, 11) is 3.31. The SMILES string of the molecule is CNC(=O)C1CCCCN1CC(=O)N(C)CCC#N. The largest absolute Gasteiger partial charge is 0.358 e. The van der Waals surface area contributed by atoms with Gasteiger partial charge in [0, 0.05) is 20.6 Å². The van der Waals surface area contributed by atoms with Crippen LogP contribution in [0.4, 0.5) is 0 Å². The lowest BCUT2D eigenvalue weighted by Crippen LogP contribution is -2.52. The highest BCUT2D eigenvalue weighted by atomic mass is 16.2. The maximum Gasteiger partial charge on any atom is 0.237 e. The summed E-state index contributed by atoms with van der Waals surface area (Å²) >= 11 is 0. The molecule has 0 bridgehead atoms. The summed E-state index contributed by atoms with van der Waals surface area (Å²) in [5, 5.41) is 11.2. The summed E-state index contributed by atoms with van der Waals surface area (Å²) < 4.78 is 0. The molecule has 0 aromatic carbocycles. The van der Waals surface area contributed by atoms with Crippen molar-refractivity contribution in [3.63, 3.8) is 0 Å². The van der Waals surface area contributed by atoms with Crippen molar-refractivity contribution in [2.45, 2.75) is 31.7 Å². The molecule has 0 aliphatic carbocycles. The van der Waals surface area contributed by atoms with Crippen LogP contribution in [0.1, 0.15) is 25.7 Å². The second-order valence-corrected chi connectivity index (χ2v) is 4.82.